The minimum absolute atomic E-state index is 0.127. The Morgan fingerprint density at radius 3 is 2.66 bits per heavy atom. The van der Waals surface area contributed by atoms with Gasteiger partial charge >= 0.3 is 5.97 Å². The van der Waals surface area contributed by atoms with Crippen molar-refractivity contribution in [2.75, 3.05) is 13.7 Å². The van der Waals surface area contributed by atoms with Gasteiger partial charge in [0.1, 0.15) is 11.8 Å². The minimum Gasteiger partial charge on any atom is -0.496 e. The number of H-pyrrole nitrogens is 1. The van der Waals surface area contributed by atoms with Crippen molar-refractivity contribution < 1.29 is 19.2 Å². The van der Waals surface area contributed by atoms with Crippen LogP contribution in [0.5, 0.6) is 5.75 Å². The molecule has 0 aliphatic carbocycles. The number of aromatic amines is 1. The molecule has 0 bridgehead atoms. The highest BCUT2D eigenvalue weighted by atomic mass is 32.2. The number of nitro groups is 1. The number of methoxy groups -OCH3 is 1. The van der Waals surface area contributed by atoms with Gasteiger partial charge in [-0.1, -0.05) is 47.7 Å². The fraction of sp³-hybridized carbons (Fsp3) is 0.182. The average molecular weight is 670 g/mol. The molecule has 0 amide bonds. The molecule has 2 aromatic heterocycles. The molecule has 47 heavy (non-hydrogen) atoms. The predicted molar refractivity (Wildman–Crippen MR) is 178 cm³/mol. The van der Waals surface area contributed by atoms with E-state index in [9.17, 15) is 24.5 Å². The van der Waals surface area contributed by atoms with E-state index in [0.717, 1.165) is 33.9 Å². The molecular weight excluding hydrogens is 643 g/mol. The molecule has 0 unspecified atom stereocenters. The highest BCUT2D eigenvalue weighted by molar-refractivity contribution is 7.99. The maximum absolute atomic E-state index is 14.2. The van der Waals surface area contributed by atoms with Crippen LogP contribution in [0.1, 0.15) is 36.7 Å². The number of hydrogen-bond acceptors (Lipinski definition) is 11. The van der Waals surface area contributed by atoms with Crippen molar-refractivity contribution in [2.24, 2.45) is 4.99 Å². The number of nitro benzene ring substituents is 1. The van der Waals surface area contributed by atoms with Crippen LogP contribution in [0.15, 0.2) is 96.6 Å². The first-order valence-electron chi connectivity index (χ1n) is 14.4. The van der Waals surface area contributed by atoms with Crippen molar-refractivity contribution in [1.29, 1.82) is 0 Å². The third kappa shape index (κ3) is 6.00. The molecule has 238 valence electrons. The molecule has 1 aliphatic heterocycles. The van der Waals surface area contributed by atoms with Gasteiger partial charge in [-0.2, -0.15) is 0 Å². The lowest BCUT2D eigenvalue weighted by Gasteiger charge is -2.27. The summed E-state index contributed by atoms with van der Waals surface area (Å²) in [4.78, 5) is 63.2. The lowest BCUT2D eigenvalue weighted by atomic mass is 9.90. The molecule has 6 rings (SSSR count). The van der Waals surface area contributed by atoms with Crippen molar-refractivity contribution in [3.05, 3.63) is 129 Å². The van der Waals surface area contributed by atoms with Crippen molar-refractivity contribution in [3.63, 3.8) is 0 Å². The number of aromatic nitrogens is 3. The zero-order valence-corrected chi connectivity index (χ0v) is 27.2. The number of hydrogen-bond donors (Lipinski definition) is 1. The highest BCUT2D eigenvalue weighted by Gasteiger charge is 2.36. The van der Waals surface area contributed by atoms with E-state index in [0.29, 0.717) is 33.1 Å². The van der Waals surface area contributed by atoms with E-state index in [2.05, 4.69) is 15.0 Å². The monoisotopic (exact) mass is 669 g/mol. The summed E-state index contributed by atoms with van der Waals surface area (Å²) in [5.41, 5.74) is 1.07. The van der Waals surface area contributed by atoms with Crippen molar-refractivity contribution in [1.82, 2.24) is 14.5 Å². The number of nitrogens with zero attached hydrogens (tertiary/aromatic N) is 4. The minimum atomic E-state index is -0.925. The van der Waals surface area contributed by atoms with Crippen LogP contribution in [0, 0.1) is 17.0 Å². The van der Waals surface area contributed by atoms with E-state index < -0.39 is 22.5 Å². The number of carbonyl (C=O) groups excluding carboxylic acids is 1. The van der Waals surface area contributed by atoms with E-state index in [1.807, 2.05) is 30.3 Å². The number of fused-ring (bicyclic) bond motifs is 2. The van der Waals surface area contributed by atoms with Gasteiger partial charge in [-0.05, 0) is 67.1 Å². The second-order valence-corrected chi connectivity index (χ2v) is 12.5. The Bertz CT molecular complexity index is 2380. The van der Waals surface area contributed by atoms with Gasteiger partial charge in [0.2, 0.25) is 0 Å². The van der Waals surface area contributed by atoms with Crippen molar-refractivity contribution >= 4 is 51.6 Å². The van der Waals surface area contributed by atoms with Crippen LogP contribution in [-0.2, 0) is 9.53 Å². The van der Waals surface area contributed by atoms with Gasteiger partial charge in [-0.25, -0.2) is 14.8 Å². The molecule has 0 saturated heterocycles. The quantitative estimate of drug-likeness (QED) is 0.109. The zero-order chi connectivity index (χ0) is 33.4. The van der Waals surface area contributed by atoms with Crippen LogP contribution in [0.2, 0.25) is 0 Å². The summed E-state index contributed by atoms with van der Waals surface area (Å²) in [7, 11) is 1.53. The number of carbonyl (C=O) groups is 1. The van der Waals surface area contributed by atoms with Crippen molar-refractivity contribution in [2.45, 2.75) is 36.9 Å². The molecule has 5 aromatic rings. The number of allylic oxidation sites excluding steroid dienone is 1. The molecule has 0 fully saturated rings. The lowest BCUT2D eigenvalue weighted by Crippen LogP contribution is -2.40. The molecule has 12 nitrogen and oxygen atoms in total. The van der Waals surface area contributed by atoms with Crippen LogP contribution >= 0.6 is 23.1 Å². The third-order valence-electron chi connectivity index (χ3n) is 7.47. The molecule has 0 radical (unpaired) electrons. The smallest absolute Gasteiger partial charge is 0.338 e. The maximum atomic E-state index is 14.2. The summed E-state index contributed by atoms with van der Waals surface area (Å²) in [6, 6.07) is 16.3. The van der Waals surface area contributed by atoms with Crippen LogP contribution in [0.3, 0.4) is 0 Å². The van der Waals surface area contributed by atoms with Crippen molar-refractivity contribution in [3.8, 4) is 5.75 Å². The van der Waals surface area contributed by atoms with E-state index in [4.69, 9.17) is 9.47 Å². The third-order valence-corrected chi connectivity index (χ3v) is 9.41. The number of ether oxygens (including phenoxy) is 2. The molecule has 0 spiro atoms. The SMILES string of the molecule is CCOC(=O)C1=C(C)N=c2s/c(=C/c3ccc(Sc4nc(C)cc(=O)[nH]4)c([N+](=O)[O-])c3)c(=O)n2[C@@H]1c1c(OC)ccc2ccccc12. The summed E-state index contributed by atoms with van der Waals surface area (Å²) in [5, 5.41) is 14.0. The van der Waals surface area contributed by atoms with Gasteiger partial charge in [0.25, 0.3) is 16.8 Å². The van der Waals surface area contributed by atoms with Crippen LogP contribution in [0.25, 0.3) is 16.8 Å². The average Bonchev–Trinajstić information content (AvgIpc) is 3.33. The van der Waals surface area contributed by atoms with Gasteiger partial charge in [0.05, 0.1) is 39.3 Å². The Hall–Kier alpha value is -5.34. The Balaban J connectivity index is 1.53. The molecule has 3 aromatic carbocycles. The van der Waals surface area contributed by atoms with Gasteiger partial charge in [0, 0.05) is 23.4 Å². The molecule has 3 heterocycles. The summed E-state index contributed by atoms with van der Waals surface area (Å²) >= 11 is 2.06. The fourth-order valence-corrected chi connectivity index (χ4v) is 7.48. The first-order valence-corrected chi connectivity index (χ1v) is 16.0. The van der Waals surface area contributed by atoms with Gasteiger partial charge < -0.3 is 14.5 Å². The Labute approximate surface area is 274 Å². The molecule has 1 N–H and O–H groups in total. The standard InChI is InChI=1S/C33H27N5O7S2/c1-5-45-31(41)27-18(3)35-33-37(29(27)28-21-9-7-6-8-20(21)11-12-23(28)44-4)30(40)25(47-33)16-19-10-13-24(22(15-19)38(42)43)46-32-34-17(2)14-26(39)36-32/h6-16,29H,5H2,1-4H3,(H,34,36,39)/b25-16+/t29-/m0/s1. The van der Waals surface area contributed by atoms with Gasteiger partial charge in [-0.15, -0.1) is 0 Å². The van der Waals surface area contributed by atoms with E-state index in [1.165, 1.54) is 23.8 Å². The molecule has 1 aliphatic rings. The first-order chi connectivity index (χ1) is 22.6. The number of thiazole rings is 1. The summed E-state index contributed by atoms with van der Waals surface area (Å²) in [5.74, 6) is -0.121. The Morgan fingerprint density at radius 2 is 1.94 bits per heavy atom. The fourth-order valence-electron chi connectivity index (χ4n) is 5.51. The lowest BCUT2D eigenvalue weighted by molar-refractivity contribution is -0.387. The van der Waals surface area contributed by atoms with E-state index in [1.54, 1.807) is 45.0 Å². The molecule has 14 heteroatoms. The predicted octanol–water partition coefficient (Wildman–Crippen LogP) is 4.41. The Morgan fingerprint density at radius 1 is 1.15 bits per heavy atom. The van der Waals surface area contributed by atoms with Gasteiger partial charge in [-0.3, -0.25) is 24.3 Å². The summed E-state index contributed by atoms with van der Waals surface area (Å²) in [6.07, 6.45) is 1.55. The summed E-state index contributed by atoms with van der Waals surface area (Å²) < 4.78 is 12.9. The zero-order valence-electron chi connectivity index (χ0n) is 25.6. The molecule has 0 saturated carbocycles. The summed E-state index contributed by atoms with van der Waals surface area (Å²) in [6.45, 7) is 5.19. The number of rotatable bonds is 8. The molecule has 1 atom stereocenters. The number of nitrogens with one attached hydrogen (secondary N) is 1. The Kier molecular flexibility index (Phi) is 8.62. The normalized spacial score (nSPS) is 14.6. The highest BCUT2D eigenvalue weighted by Crippen LogP contribution is 2.40. The second kappa shape index (κ2) is 12.8. The number of benzene rings is 3. The van der Waals surface area contributed by atoms with Gasteiger partial charge in [0.15, 0.2) is 9.96 Å². The molecular formula is C33H27N5O7S2. The largest absolute Gasteiger partial charge is 0.496 e. The number of aryl methyl sites for hydroxylation is 1. The van der Waals surface area contributed by atoms with Crippen LogP contribution < -0.4 is 25.2 Å². The maximum Gasteiger partial charge on any atom is 0.338 e. The van der Waals surface area contributed by atoms with E-state index >= 15 is 0 Å². The van der Waals surface area contributed by atoms with Crippen LogP contribution in [0.4, 0.5) is 5.69 Å². The number of esters is 1. The van der Waals surface area contributed by atoms with E-state index in [-0.39, 0.29) is 38.0 Å². The first kappa shape index (κ1) is 31.6. The topological polar surface area (TPSA) is 159 Å². The van der Waals surface area contributed by atoms with Crippen LogP contribution in [-0.4, -0.2) is 39.1 Å². The second-order valence-electron chi connectivity index (χ2n) is 10.5.